The normalized spacial score (nSPS) is 15.1. The fourth-order valence-corrected chi connectivity index (χ4v) is 8.95. The lowest BCUT2D eigenvalue weighted by Crippen LogP contribution is -2.46. The highest BCUT2D eigenvalue weighted by Gasteiger charge is 2.29. The Bertz CT molecular complexity index is 473. The summed E-state index contributed by atoms with van der Waals surface area (Å²) in [5.74, 6) is -0.618. The number of rotatable bonds is 16. The van der Waals surface area contributed by atoms with Crippen molar-refractivity contribution in [2.24, 2.45) is 0 Å². The lowest BCUT2D eigenvalue weighted by atomic mass is 10.3. The van der Waals surface area contributed by atoms with Gasteiger partial charge < -0.3 is 28.2 Å². The zero-order chi connectivity index (χ0) is 22.7. The van der Waals surface area contributed by atoms with Gasteiger partial charge in [-0.3, -0.25) is 0 Å². The van der Waals surface area contributed by atoms with Gasteiger partial charge in [-0.15, -0.1) is 0 Å². The minimum absolute atomic E-state index is 0.0594. The predicted octanol–water partition coefficient (Wildman–Crippen LogP) is 2.39. The average molecular weight is 467 g/mol. The molecular formula is C19H42O7Si3. The number of carbonyl (C=O) groups excluding carboxylic acids is 1. The van der Waals surface area contributed by atoms with E-state index in [0.717, 1.165) is 6.42 Å². The molecule has 2 atom stereocenters. The molecule has 0 aromatic heterocycles. The molecule has 10 heteroatoms. The first-order valence-corrected chi connectivity index (χ1v) is 18.7. The maximum atomic E-state index is 11.6. The maximum Gasteiger partial charge on any atom is 0.333 e. The third-order valence-electron chi connectivity index (χ3n) is 3.59. The highest BCUT2D eigenvalue weighted by molar-refractivity contribution is 6.71. The van der Waals surface area contributed by atoms with E-state index in [2.05, 4.69) is 52.8 Å². The largest absolute Gasteiger partial charge is 0.459 e. The van der Waals surface area contributed by atoms with Crippen LogP contribution in [-0.4, -0.2) is 81.4 Å². The van der Waals surface area contributed by atoms with Crippen molar-refractivity contribution in [3.63, 3.8) is 0 Å². The minimum atomic E-state index is -1.74. The van der Waals surface area contributed by atoms with Crippen LogP contribution in [-0.2, 0) is 27.9 Å². The van der Waals surface area contributed by atoms with Crippen molar-refractivity contribution < 1.29 is 33.0 Å². The lowest BCUT2D eigenvalue weighted by molar-refractivity contribution is -0.145. The SMILES string of the molecule is C=C(C)C(=O)OCC(COC(CC)[SiH2]C(O[Si](C)(C)C)O[Si](C)(C)C)OCCO. The van der Waals surface area contributed by atoms with Gasteiger partial charge in [0, 0.05) is 11.3 Å². The molecule has 0 aromatic carbocycles. The molecule has 0 aliphatic heterocycles. The molecule has 0 aliphatic carbocycles. The number of aliphatic hydroxyl groups excluding tert-OH is 1. The number of aliphatic hydroxyl groups is 1. The quantitative estimate of drug-likeness (QED) is 0.162. The molecule has 0 fully saturated rings. The van der Waals surface area contributed by atoms with Crippen LogP contribution in [0.4, 0.5) is 0 Å². The number of ether oxygens (including phenoxy) is 3. The zero-order valence-electron chi connectivity index (χ0n) is 19.6. The van der Waals surface area contributed by atoms with Gasteiger partial charge >= 0.3 is 5.97 Å². The van der Waals surface area contributed by atoms with Gasteiger partial charge in [-0.2, -0.15) is 0 Å². The Morgan fingerprint density at radius 3 is 2.00 bits per heavy atom. The van der Waals surface area contributed by atoms with Crippen LogP contribution in [0.2, 0.25) is 39.3 Å². The molecule has 0 rings (SSSR count). The predicted molar refractivity (Wildman–Crippen MR) is 124 cm³/mol. The second kappa shape index (κ2) is 13.9. The van der Waals surface area contributed by atoms with Gasteiger partial charge in [-0.25, -0.2) is 4.79 Å². The van der Waals surface area contributed by atoms with Crippen molar-refractivity contribution in [2.75, 3.05) is 26.4 Å². The summed E-state index contributed by atoms with van der Waals surface area (Å²) in [4.78, 5) is 11.6. The van der Waals surface area contributed by atoms with Gasteiger partial charge in [0.25, 0.3) is 0 Å². The molecule has 0 amide bonds. The van der Waals surface area contributed by atoms with Crippen LogP contribution in [0.1, 0.15) is 20.3 Å². The van der Waals surface area contributed by atoms with Crippen LogP contribution in [0, 0.1) is 0 Å². The van der Waals surface area contributed by atoms with E-state index in [-0.39, 0.29) is 38.1 Å². The molecule has 0 heterocycles. The molecule has 172 valence electrons. The summed E-state index contributed by atoms with van der Waals surface area (Å²) < 4.78 is 29.5. The summed E-state index contributed by atoms with van der Waals surface area (Å²) in [5, 5.41) is 9.03. The minimum Gasteiger partial charge on any atom is -0.459 e. The van der Waals surface area contributed by atoms with E-state index in [1.807, 2.05) is 0 Å². The lowest BCUT2D eigenvalue weighted by Gasteiger charge is -2.33. The van der Waals surface area contributed by atoms with E-state index in [4.69, 9.17) is 28.2 Å². The molecular weight excluding hydrogens is 424 g/mol. The number of hydrogen-bond donors (Lipinski definition) is 1. The molecule has 0 aliphatic rings. The summed E-state index contributed by atoms with van der Waals surface area (Å²) >= 11 is 0. The standard InChI is InChI=1S/C19H42O7Si3/c1-10-17(27-19(25-28(4,5)6)26-29(7,8)9)23-13-16(22-12-11-20)14-24-18(21)15(2)3/h16-17,19-20H,2,10-14,27H2,1,3-9H3. The monoisotopic (exact) mass is 466 g/mol. The van der Waals surface area contributed by atoms with Gasteiger partial charge in [0.05, 0.1) is 19.8 Å². The van der Waals surface area contributed by atoms with E-state index in [1.165, 1.54) is 0 Å². The summed E-state index contributed by atoms with van der Waals surface area (Å²) in [6.07, 6.45) is 0.410. The first-order chi connectivity index (χ1) is 13.3. The Morgan fingerprint density at radius 1 is 1.03 bits per heavy atom. The Kier molecular flexibility index (Phi) is 13.7. The smallest absolute Gasteiger partial charge is 0.333 e. The highest BCUT2D eigenvalue weighted by Crippen LogP contribution is 2.16. The Balaban J connectivity index is 4.88. The van der Waals surface area contributed by atoms with Crippen molar-refractivity contribution in [1.29, 1.82) is 0 Å². The van der Waals surface area contributed by atoms with Crippen LogP contribution < -0.4 is 0 Å². The molecule has 2 unspecified atom stereocenters. The Morgan fingerprint density at radius 2 is 1.59 bits per heavy atom. The molecule has 0 saturated carbocycles. The van der Waals surface area contributed by atoms with Gasteiger partial charge in [0.1, 0.15) is 28.1 Å². The van der Waals surface area contributed by atoms with Crippen LogP contribution >= 0.6 is 0 Å². The molecule has 1 N–H and O–H groups in total. The van der Waals surface area contributed by atoms with Crippen LogP contribution in [0.3, 0.4) is 0 Å². The Hall–Kier alpha value is -0.339. The molecule has 7 nitrogen and oxygen atoms in total. The topological polar surface area (TPSA) is 83.5 Å². The molecule has 0 aromatic rings. The molecule has 29 heavy (non-hydrogen) atoms. The van der Waals surface area contributed by atoms with E-state index in [1.54, 1.807) is 6.92 Å². The second-order valence-corrected chi connectivity index (χ2v) is 20.1. The number of carbonyl (C=O) groups is 1. The van der Waals surface area contributed by atoms with E-state index in [0.29, 0.717) is 5.57 Å². The van der Waals surface area contributed by atoms with Crippen LogP contribution in [0.5, 0.6) is 0 Å². The number of hydrogen-bond acceptors (Lipinski definition) is 7. The van der Waals surface area contributed by atoms with E-state index in [9.17, 15) is 4.79 Å². The van der Waals surface area contributed by atoms with Crippen LogP contribution in [0.15, 0.2) is 12.2 Å². The third-order valence-corrected chi connectivity index (χ3v) is 8.26. The Labute approximate surface area is 181 Å². The van der Waals surface area contributed by atoms with E-state index >= 15 is 0 Å². The van der Waals surface area contributed by atoms with Crippen LogP contribution in [0.25, 0.3) is 0 Å². The van der Waals surface area contributed by atoms with Crippen molar-refractivity contribution in [3.8, 4) is 0 Å². The maximum absolute atomic E-state index is 11.6. The number of esters is 1. The fraction of sp³-hybridized carbons (Fsp3) is 0.842. The van der Waals surface area contributed by atoms with Crippen molar-refractivity contribution >= 4 is 32.1 Å². The van der Waals surface area contributed by atoms with Gasteiger partial charge in [-0.1, -0.05) is 13.5 Å². The highest BCUT2D eigenvalue weighted by atomic mass is 28.4. The first kappa shape index (κ1) is 28.7. The zero-order valence-corrected chi connectivity index (χ0v) is 23.0. The molecule has 0 radical (unpaired) electrons. The molecule has 0 spiro atoms. The summed E-state index contributed by atoms with van der Waals surface area (Å²) in [7, 11) is -4.33. The van der Waals surface area contributed by atoms with Gasteiger partial charge in [0.2, 0.25) is 0 Å². The molecule has 0 bridgehead atoms. The fourth-order valence-electron chi connectivity index (χ4n) is 2.38. The molecule has 0 saturated heterocycles. The van der Waals surface area contributed by atoms with Gasteiger partial charge in [0.15, 0.2) is 16.6 Å². The second-order valence-electron chi connectivity index (χ2n) is 9.08. The third kappa shape index (κ3) is 16.1. The first-order valence-electron chi connectivity index (χ1n) is 10.3. The van der Waals surface area contributed by atoms with Crippen molar-refractivity contribution in [1.82, 2.24) is 0 Å². The average Bonchev–Trinajstić information content (AvgIpc) is 2.56. The summed E-state index contributed by atoms with van der Waals surface area (Å²) in [5.41, 5.74) is 0.394. The van der Waals surface area contributed by atoms with E-state index < -0.39 is 38.2 Å². The van der Waals surface area contributed by atoms with Gasteiger partial charge in [-0.05, 0) is 52.6 Å². The summed E-state index contributed by atoms with van der Waals surface area (Å²) in [6, 6.07) is 0. The van der Waals surface area contributed by atoms with Crippen molar-refractivity contribution in [2.45, 2.75) is 77.3 Å². The van der Waals surface area contributed by atoms with Crippen molar-refractivity contribution in [3.05, 3.63) is 12.2 Å². The summed E-state index contributed by atoms with van der Waals surface area (Å²) in [6.45, 7) is 20.6.